The zero-order valence-electron chi connectivity index (χ0n) is 21.9. The van der Waals surface area contributed by atoms with Crippen LogP contribution in [0.2, 0.25) is 0 Å². The van der Waals surface area contributed by atoms with Crippen molar-refractivity contribution >= 4 is 11.5 Å². The van der Waals surface area contributed by atoms with Crippen molar-refractivity contribution in [2.24, 2.45) is 0 Å². The van der Waals surface area contributed by atoms with Crippen molar-refractivity contribution in [1.82, 2.24) is 19.4 Å². The molecule has 0 amide bonds. The van der Waals surface area contributed by atoms with Gasteiger partial charge < -0.3 is 19.3 Å². The van der Waals surface area contributed by atoms with Crippen LogP contribution in [0, 0.1) is 6.92 Å². The normalized spacial score (nSPS) is 13.2. The number of hydrogen-bond donors (Lipinski definition) is 0. The molecule has 34 heavy (non-hydrogen) atoms. The van der Waals surface area contributed by atoms with Crippen LogP contribution >= 0.6 is 0 Å². The largest absolute Gasteiger partial charge is 0.330 e. The number of aromatic nitrogens is 2. The molecule has 0 spiro atoms. The van der Waals surface area contributed by atoms with E-state index < -0.39 is 0 Å². The highest BCUT2D eigenvalue weighted by molar-refractivity contribution is 5.76. The van der Waals surface area contributed by atoms with E-state index in [4.69, 9.17) is 4.98 Å². The summed E-state index contributed by atoms with van der Waals surface area (Å²) < 4.78 is 2.32. The molecule has 5 nitrogen and oxygen atoms in total. The predicted octanol–water partition coefficient (Wildman–Crippen LogP) is 5.74. The van der Waals surface area contributed by atoms with E-state index in [-0.39, 0.29) is 0 Å². The number of fused-ring (bicyclic) bond motifs is 1. The van der Waals surface area contributed by atoms with Gasteiger partial charge in [0, 0.05) is 33.6 Å². The van der Waals surface area contributed by atoms with Gasteiger partial charge in [0.25, 0.3) is 0 Å². The third kappa shape index (κ3) is 5.26. The molecular weight excluding hydrogens is 418 g/mol. The number of anilines is 1. The van der Waals surface area contributed by atoms with Crippen molar-refractivity contribution in [2.75, 3.05) is 33.1 Å². The first-order valence-corrected chi connectivity index (χ1v) is 12.0. The highest BCUT2D eigenvalue weighted by Gasteiger charge is 2.31. The lowest BCUT2D eigenvalue weighted by Crippen LogP contribution is -2.34. The lowest BCUT2D eigenvalue weighted by Gasteiger charge is -2.36. The van der Waals surface area contributed by atoms with Crippen LogP contribution < -0.4 is 4.90 Å². The highest BCUT2D eigenvalue weighted by Crippen LogP contribution is 2.37. The second-order valence-electron chi connectivity index (χ2n) is 8.99. The van der Waals surface area contributed by atoms with E-state index in [2.05, 4.69) is 97.1 Å². The SMILES string of the molecule is C=C1c2c(nc(Cc3cccc(C)c3)n2Cc2ccc(CN(C)C)cc2)N(C)C(=C)N1C.CC. The summed E-state index contributed by atoms with van der Waals surface area (Å²) in [6.45, 7) is 16.4. The number of rotatable bonds is 6. The summed E-state index contributed by atoms with van der Waals surface area (Å²) in [5, 5.41) is 0. The number of imidazole rings is 1. The maximum Gasteiger partial charge on any atom is 0.162 e. The van der Waals surface area contributed by atoms with Gasteiger partial charge in [-0.1, -0.05) is 81.1 Å². The molecule has 0 atom stereocenters. The molecule has 0 bridgehead atoms. The maximum absolute atomic E-state index is 5.08. The first kappa shape index (κ1) is 25.3. The zero-order chi connectivity index (χ0) is 25.0. The van der Waals surface area contributed by atoms with Gasteiger partial charge in [0.2, 0.25) is 0 Å². The average molecular weight is 458 g/mol. The fraction of sp³-hybridized carbons (Fsp3) is 0.345. The van der Waals surface area contributed by atoms with Gasteiger partial charge in [-0.25, -0.2) is 4.98 Å². The Bertz CT molecular complexity index is 1150. The van der Waals surface area contributed by atoms with E-state index in [1.807, 2.05) is 32.8 Å². The molecule has 1 aliphatic heterocycles. The van der Waals surface area contributed by atoms with E-state index in [0.29, 0.717) is 0 Å². The van der Waals surface area contributed by atoms with Gasteiger partial charge in [-0.05, 0) is 37.7 Å². The maximum atomic E-state index is 5.08. The third-order valence-corrected chi connectivity index (χ3v) is 6.11. The minimum absolute atomic E-state index is 0.749. The molecule has 0 aliphatic carbocycles. The Morgan fingerprint density at radius 1 is 0.882 bits per heavy atom. The second kappa shape index (κ2) is 10.7. The van der Waals surface area contributed by atoms with Crippen LogP contribution in [0.15, 0.2) is 67.5 Å². The van der Waals surface area contributed by atoms with Crippen molar-refractivity contribution in [1.29, 1.82) is 0 Å². The Morgan fingerprint density at radius 3 is 2.15 bits per heavy atom. The van der Waals surface area contributed by atoms with Gasteiger partial charge in [0.15, 0.2) is 5.82 Å². The standard InChI is InChI=1S/C27H33N5.C2H6/c1-19-9-8-10-24(15-19)16-25-28-27-26(20(2)30(6)21(3)31(27)7)32(25)18-23-13-11-22(12-14-23)17-29(4)5;1-2/h8-15H,2-3,16-18H2,1,4-7H3;1-2H3. The van der Waals surface area contributed by atoms with Gasteiger partial charge in [0.1, 0.15) is 17.3 Å². The second-order valence-corrected chi connectivity index (χ2v) is 8.99. The molecule has 2 heterocycles. The Balaban J connectivity index is 0.00000158. The van der Waals surface area contributed by atoms with Gasteiger partial charge in [-0.15, -0.1) is 0 Å². The first-order chi connectivity index (χ1) is 16.2. The fourth-order valence-electron chi connectivity index (χ4n) is 4.27. The van der Waals surface area contributed by atoms with E-state index in [0.717, 1.165) is 48.4 Å². The minimum atomic E-state index is 0.749. The number of benzene rings is 2. The lowest BCUT2D eigenvalue weighted by molar-refractivity contribution is 0.402. The molecule has 0 radical (unpaired) electrons. The molecule has 2 aromatic carbocycles. The minimum Gasteiger partial charge on any atom is -0.330 e. The van der Waals surface area contributed by atoms with Crippen LogP contribution in [0.1, 0.15) is 47.6 Å². The van der Waals surface area contributed by atoms with Gasteiger partial charge in [0.05, 0.1) is 5.70 Å². The molecule has 180 valence electrons. The van der Waals surface area contributed by atoms with Gasteiger partial charge in [-0.3, -0.25) is 0 Å². The van der Waals surface area contributed by atoms with Crippen molar-refractivity contribution in [3.05, 3.63) is 101 Å². The van der Waals surface area contributed by atoms with E-state index >= 15 is 0 Å². The molecule has 4 rings (SSSR count). The molecule has 1 aliphatic rings. The van der Waals surface area contributed by atoms with Crippen LogP contribution in [0.4, 0.5) is 5.82 Å². The fourth-order valence-corrected chi connectivity index (χ4v) is 4.27. The monoisotopic (exact) mass is 457 g/mol. The first-order valence-electron chi connectivity index (χ1n) is 12.0. The Morgan fingerprint density at radius 2 is 1.53 bits per heavy atom. The highest BCUT2D eigenvalue weighted by atomic mass is 15.4. The van der Waals surface area contributed by atoms with Crippen LogP contribution in [-0.2, 0) is 19.5 Å². The van der Waals surface area contributed by atoms with Gasteiger partial charge >= 0.3 is 0 Å². The Labute approximate surface area is 205 Å². The summed E-state index contributed by atoms with van der Waals surface area (Å²) >= 11 is 0. The summed E-state index contributed by atoms with van der Waals surface area (Å²) in [4.78, 5) is 11.4. The molecule has 5 heteroatoms. The third-order valence-electron chi connectivity index (χ3n) is 6.11. The van der Waals surface area contributed by atoms with Crippen LogP contribution in [0.25, 0.3) is 5.70 Å². The zero-order valence-corrected chi connectivity index (χ0v) is 21.9. The molecule has 1 aromatic heterocycles. The average Bonchev–Trinajstić information content (AvgIpc) is 3.16. The van der Waals surface area contributed by atoms with Crippen LogP contribution in [0.3, 0.4) is 0 Å². The number of aryl methyl sites for hydroxylation is 1. The summed E-state index contributed by atoms with van der Waals surface area (Å²) in [7, 11) is 8.22. The van der Waals surface area contributed by atoms with Crippen LogP contribution in [0.5, 0.6) is 0 Å². The molecular formula is C29H39N5. The summed E-state index contributed by atoms with van der Waals surface area (Å²) in [5.41, 5.74) is 7.07. The van der Waals surface area contributed by atoms with Crippen LogP contribution in [-0.4, -0.2) is 47.5 Å². The summed E-state index contributed by atoms with van der Waals surface area (Å²) in [5.74, 6) is 2.83. The van der Waals surface area contributed by atoms with Crippen molar-refractivity contribution in [3.63, 3.8) is 0 Å². The van der Waals surface area contributed by atoms with E-state index in [9.17, 15) is 0 Å². The number of hydrogen-bond acceptors (Lipinski definition) is 4. The quantitative estimate of drug-likeness (QED) is 0.472. The molecule has 0 fully saturated rings. The number of nitrogens with zero attached hydrogens (tertiary/aromatic N) is 5. The van der Waals surface area contributed by atoms with Crippen molar-refractivity contribution in [2.45, 2.75) is 40.3 Å². The Hall–Kier alpha value is -3.31. The Kier molecular flexibility index (Phi) is 8.00. The van der Waals surface area contributed by atoms with Crippen molar-refractivity contribution < 1.29 is 0 Å². The lowest BCUT2D eigenvalue weighted by atomic mass is 10.1. The molecule has 0 N–H and O–H groups in total. The predicted molar refractivity (Wildman–Crippen MR) is 145 cm³/mol. The van der Waals surface area contributed by atoms with E-state index in [1.165, 1.54) is 22.3 Å². The topological polar surface area (TPSA) is 27.5 Å². The molecule has 0 unspecified atom stereocenters. The smallest absolute Gasteiger partial charge is 0.162 e. The van der Waals surface area contributed by atoms with E-state index in [1.54, 1.807) is 0 Å². The van der Waals surface area contributed by atoms with Gasteiger partial charge in [-0.2, -0.15) is 0 Å². The summed E-state index contributed by atoms with van der Waals surface area (Å²) in [6.07, 6.45) is 0.769. The summed E-state index contributed by atoms with van der Waals surface area (Å²) in [6, 6.07) is 17.5. The van der Waals surface area contributed by atoms with Crippen molar-refractivity contribution in [3.8, 4) is 0 Å². The molecule has 0 saturated carbocycles. The molecule has 3 aromatic rings. The molecule has 0 saturated heterocycles.